The van der Waals surface area contributed by atoms with Crippen LogP contribution in [-0.2, 0) is 0 Å². The van der Waals surface area contributed by atoms with E-state index in [4.69, 9.17) is 0 Å². The van der Waals surface area contributed by atoms with E-state index in [1.807, 2.05) is 13.0 Å². The number of aryl methyl sites for hydroxylation is 1. The second-order valence-corrected chi connectivity index (χ2v) is 6.51. The minimum atomic E-state index is -0.348. The minimum Gasteiger partial charge on any atom is -0.377 e. The highest BCUT2D eigenvalue weighted by molar-refractivity contribution is 5.67. The average molecular weight is 324 g/mol. The number of nitro groups is 1. The first-order chi connectivity index (χ1) is 11.5. The van der Waals surface area contributed by atoms with Crippen LogP contribution in [0, 0.1) is 28.8 Å². The number of anilines is 1. The van der Waals surface area contributed by atoms with Crippen LogP contribution in [0.2, 0.25) is 0 Å². The molecule has 0 amide bonds. The van der Waals surface area contributed by atoms with Gasteiger partial charge in [0.05, 0.1) is 11.0 Å². The lowest BCUT2D eigenvalue weighted by Gasteiger charge is -2.38. The van der Waals surface area contributed by atoms with Crippen molar-refractivity contribution in [3.8, 4) is 0 Å². The first-order valence-corrected chi connectivity index (χ1v) is 8.02. The molecule has 24 heavy (non-hydrogen) atoms. The Hall–Kier alpha value is -2.69. The molecule has 1 heterocycles. The SMILES string of the molecule is Cc1cc([N+](=O)[O-])cc2c1N[C@H](c1cccc(F)c1)[C@H]1CC=C[C@@H]21. The molecule has 4 nitrogen and oxygen atoms in total. The van der Waals surface area contributed by atoms with Crippen LogP contribution in [0.4, 0.5) is 15.8 Å². The maximum Gasteiger partial charge on any atom is 0.270 e. The van der Waals surface area contributed by atoms with Crippen LogP contribution in [0.3, 0.4) is 0 Å². The fourth-order valence-corrected chi connectivity index (χ4v) is 4.00. The van der Waals surface area contributed by atoms with Crippen molar-refractivity contribution in [1.29, 1.82) is 0 Å². The molecule has 0 saturated heterocycles. The molecule has 122 valence electrons. The predicted molar refractivity (Wildman–Crippen MR) is 90.6 cm³/mol. The van der Waals surface area contributed by atoms with E-state index in [0.717, 1.165) is 28.8 Å². The predicted octanol–water partition coefficient (Wildman–Crippen LogP) is 4.87. The van der Waals surface area contributed by atoms with Crippen molar-refractivity contribution in [2.45, 2.75) is 25.3 Å². The zero-order valence-electron chi connectivity index (χ0n) is 13.2. The van der Waals surface area contributed by atoms with Gasteiger partial charge in [0.1, 0.15) is 5.82 Å². The second kappa shape index (κ2) is 5.44. The Morgan fingerprint density at radius 2 is 2.12 bits per heavy atom. The molecule has 2 aliphatic rings. The van der Waals surface area contributed by atoms with E-state index in [2.05, 4.69) is 17.5 Å². The van der Waals surface area contributed by atoms with Crippen LogP contribution >= 0.6 is 0 Å². The van der Waals surface area contributed by atoms with Gasteiger partial charge in [-0.05, 0) is 48.1 Å². The standard InChI is InChI=1S/C19H17FN2O2/c1-11-8-14(22(23)24)10-17-15-6-3-7-16(15)19(21-18(11)17)12-4-2-5-13(20)9-12/h2-6,8-10,15-16,19,21H,7H2,1H3/t15-,16+,19-/m1/s1. The van der Waals surface area contributed by atoms with E-state index in [1.165, 1.54) is 6.07 Å². The third-order valence-electron chi connectivity index (χ3n) is 5.07. The fraction of sp³-hybridized carbons (Fsp3) is 0.263. The number of allylic oxidation sites excluding steroid dienone is 2. The highest BCUT2D eigenvalue weighted by Crippen LogP contribution is 2.51. The van der Waals surface area contributed by atoms with E-state index < -0.39 is 0 Å². The Kier molecular flexibility index (Phi) is 3.37. The summed E-state index contributed by atoms with van der Waals surface area (Å²) in [6.07, 6.45) is 5.12. The number of nitro benzene ring substituents is 1. The van der Waals surface area contributed by atoms with Crippen molar-refractivity contribution in [2.24, 2.45) is 5.92 Å². The number of hydrogen-bond donors (Lipinski definition) is 1. The molecule has 4 rings (SSSR count). The molecule has 0 bridgehead atoms. The molecule has 2 aromatic carbocycles. The first kappa shape index (κ1) is 14.9. The van der Waals surface area contributed by atoms with Crippen LogP contribution < -0.4 is 5.32 Å². The second-order valence-electron chi connectivity index (χ2n) is 6.51. The summed E-state index contributed by atoms with van der Waals surface area (Å²) >= 11 is 0. The van der Waals surface area contributed by atoms with Crippen LogP contribution in [0.15, 0.2) is 48.6 Å². The quantitative estimate of drug-likeness (QED) is 0.487. The van der Waals surface area contributed by atoms with Gasteiger partial charge in [0.2, 0.25) is 0 Å². The van der Waals surface area contributed by atoms with Crippen LogP contribution in [-0.4, -0.2) is 4.92 Å². The topological polar surface area (TPSA) is 55.2 Å². The highest BCUT2D eigenvalue weighted by Gasteiger charge is 2.39. The Morgan fingerprint density at radius 1 is 1.29 bits per heavy atom. The third-order valence-corrected chi connectivity index (χ3v) is 5.07. The molecule has 0 radical (unpaired) electrons. The normalized spacial score (nSPS) is 24.2. The maximum absolute atomic E-state index is 13.7. The van der Waals surface area contributed by atoms with Gasteiger partial charge in [-0.1, -0.05) is 24.3 Å². The summed E-state index contributed by atoms with van der Waals surface area (Å²) in [5.41, 5.74) is 3.78. The van der Waals surface area contributed by atoms with Gasteiger partial charge < -0.3 is 5.32 Å². The molecule has 1 aliphatic carbocycles. The molecule has 5 heteroatoms. The number of benzene rings is 2. The van der Waals surface area contributed by atoms with Crippen LogP contribution in [0.25, 0.3) is 0 Å². The largest absolute Gasteiger partial charge is 0.377 e. The smallest absolute Gasteiger partial charge is 0.270 e. The highest BCUT2D eigenvalue weighted by atomic mass is 19.1. The number of halogens is 1. The van der Waals surface area contributed by atoms with E-state index in [0.29, 0.717) is 0 Å². The number of fused-ring (bicyclic) bond motifs is 3. The van der Waals surface area contributed by atoms with Gasteiger partial charge in [0, 0.05) is 23.7 Å². The summed E-state index contributed by atoms with van der Waals surface area (Å²) in [5.74, 6) is 0.108. The summed E-state index contributed by atoms with van der Waals surface area (Å²) in [5, 5.41) is 14.7. The molecule has 0 unspecified atom stereocenters. The van der Waals surface area contributed by atoms with Gasteiger partial charge in [0.15, 0.2) is 0 Å². The van der Waals surface area contributed by atoms with Crippen molar-refractivity contribution in [1.82, 2.24) is 0 Å². The van der Waals surface area contributed by atoms with E-state index in [1.54, 1.807) is 24.3 Å². The average Bonchev–Trinajstić information content (AvgIpc) is 3.04. The lowest BCUT2D eigenvalue weighted by molar-refractivity contribution is -0.385. The molecular formula is C19H17FN2O2. The van der Waals surface area contributed by atoms with Crippen molar-refractivity contribution in [3.63, 3.8) is 0 Å². The Labute approximate surface area is 139 Å². The van der Waals surface area contributed by atoms with Crippen molar-refractivity contribution in [2.75, 3.05) is 5.32 Å². The Morgan fingerprint density at radius 3 is 2.88 bits per heavy atom. The number of nitrogens with zero attached hydrogens (tertiary/aromatic N) is 1. The van der Waals surface area contributed by atoms with Crippen molar-refractivity contribution >= 4 is 11.4 Å². The van der Waals surface area contributed by atoms with Crippen LogP contribution in [0.5, 0.6) is 0 Å². The van der Waals surface area contributed by atoms with Gasteiger partial charge in [-0.25, -0.2) is 4.39 Å². The lowest BCUT2D eigenvalue weighted by Crippen LogP contribution is -2.29. The van der Waals surface area contributed by atoms with Crippen LogP contribution in [0.1, 0.15) is 35.1 Å². The summed E-state index contributed by atoms with van der Waals surface area (Å²) in [4.78, 5) is 10.8. The maximum atomic E-state index is 13.7. The molecule has 3 atom stereocenters. The number of hydrogen-bond acceptors (Lipinski definition) is 3. The van der Waals surface area contributed by atoms with E-state index in [-0.39, 0.29) is 34.3 Å². The minimum absolute atomic E-state index is 0.00615. The molecule has 0 spiro atoms. The van der Waals surface area contributed by atoms with Crippen molar-refractivity contribution < 1.29 is 9.31 Å². The Balaban J connectivity index is 1.83. The molecule has 1 N–H and O–H groups in total. The molecule has 0 fully saturated rings. The number of nitrogens with one attached hydrogen (secondary N) is 1. The van der Waals surface area contributed by atoms with Crippen molar-refractivity contribution in [3.05, 3.63) is 81.2 Å². The van der Waals surface area contributed by atoms with Gasteiger partial charge in [-0.15, -0.1) is 0 Å². The summed E-state index contributed by atoms with van der Waals surface area (Å²) in [7, 11) is 0. The van der Waals surface area contributed by atoms with Gasteiger partial charge in [-0.3, -0.25) is 10.1 Å². The van der Waals surface area contributed by atoms with E-state index >= 15 is 0 Å². The van der Waals surface area contributed by atoms with E-state index in [9.17, 15) is 14.5 Å². The Bertz CT molecular complexity index is 862. The molecule has 0 aromatic heterocycles. The van der Waals surface area contributed by atoms with Gasteiger partial charge >= 0.3 is 0 Å². The fourth-order valence-electron chi connectivity index (χ4n) is 4.00. The summed E-state index contributed by atoms with van der Waals surface area (Å²) in [6, 6.07) is 9.92. The summed E-state index contributed by atoms with van der Waals surface area (Å²) < 4.78 is 13.7. The zero-order chi connectivity index (χ0) is 16.8. The molecule has 0 saturated carbocycles. The molecule has 2 aromatic rings. The zero-order valence-corrected chi connectivity index (χ0v) is 13.2. The third kappa shape index (κ3) is 2.28. The molecular weight excluding hydrogens is 307 g/mol. The number of rotatable bonds is 2. The van der Waals surface area contributed by atoms with Gasteiger partial charge in [-0.2, -0.15) is 0 Å². The molecule has 1 aliphatic heterocycles. The van der Waals surface area contributed by atoms with Gasteiger partial charge in [0.25, 0.3) is 5.69 Å². The monoisotopic (exact) mass is 324 g/mol. The summed E-state index contributed by atoms with van der Waals surface area (Å²) in [6.45, 7) is 1.88. The number of non-ortho nitro benzene ring substituents is 1. The lowest BCUT2D eigenvalue weighted by atomic mass is 9.76. The first-order valence-electron chi connectivity index (χ1n) is 8.02.